The van der Waals surface area contributed by atoms with Crippen LogP contribution in [0.2, 0.25) is 0 Å². The van der Waals surface area contributed by atoms with Gasteiger partial charge in [0.2, 0.25) is 0 Å². The molecule has 1 aliphatic rings. The van der Waals surface area contributed by atoms with Crippen molar-refractivity contribution in [1.29, 1.82) is 0 Å². The maximum absolute atomic E-state index is 10.4. The highest BCUT2D eigenvalue weighted by molar-refractivity contribution is 5.56. The molecule has 138 valence electrons. The van der Waals surface area contributed by atoms with Gasteiger partial charge >= 0.3 is 0 Å². The Labute approximate surface area is 156 Å². The summed E-state index contributed by atoms with van der Waals surface area (Å²) in [5.74, 6) is 0. The normalized spacial score (nSPS) is 12.5. The molecule has 0 radical (unpaired) electrons. The van der Waals surface area contributed by atoms with Crippen molar-refractivity contribution in [2.75, 3.05) is 19.0 Å². The Kier molecular flexibility index (Phi) is 6.96. The zero-order valence-electron chi connectivity index (χ0n) is 16.2. The molecule has 2 aromatic carbocycles. The molecule has 0 bridgehead atoms. The largest absolute Gasteiger partial charge is 0.377 e. The minimum atomic E-state index is -0.375. The summed E-state index contributed by atoms with van der Waals surface area (Å²) in [5.41, 5.74) is 6.75. The lowest BCUT2D eigenvalue weighted by molar-refractivity contribution is -0.384. The zero-order chi connectivity index (χ0) is 19.1. The molecule has 0 unspecified atom stereocenters. The van der Waals surface area contributed by atoms with Crippen LogP contribution in [-0.4, -0.2) is 19.0 Å². The summed E-state index contributed by atoms with van der Waals surface area (Å²) in [5, 5.41) is 10.4. The highest BCUT2D eigenvalue weighted by Crippen LogP contribution is 2.27. The number of hydrogen-bond donors (Lipinski definition) is 0. The fraction of sp³-hybridized carbons (Fsp3) is 0.364. The summed E-state index contributed by atoms with van der Waals surface area (Å²) in [6.07, 6.45) is 6.85. The SMILES string of the molecule is CCc1ccc(C)cc1N(C)C.O=[N+]([O-])c1ccc(C=C2CCC2)cc1. The Hall–Kier alpha value is -2.62. The van der Waals surface area contributed by atoms with Crippen molar-refractivity contribution in [3.63, 3.8) is 0 Å². The van der Waals surface area contributed by atoms with Gasteiger partial charge in [-0.1, -0.05) is 30.7 Å². The minimum absolute atomic E-state index is 0.153. The number of anilines is 1. The van der Waals surface area contributed by atoms with Crippen LogP contribution in [0.25, 0.3) is 6.08 Å². The number of allylic oxidation sites excluding steroid dienone is 1. The molecular weight excluding hydrogens is 324 g/mol. The van der Waals surface area contributed by atoms with E-state index in [9.17, 15) is 10.1 Å². The van der Waals surface area contributed by atoms with Gasteiger partial charge in [0.05, 0.1) is 4.92 Å². The zero-order valence-corrected chi connectivity index (χ0v) is 16.2. The highest BCUT2D eigenvalue weighted by atomic mass is 16.6. The van der Waals surface area contributed by atoms with Crippen molar-refractivity contribution in [1.82, 2.24) is 0 Å². The number of rotatable bonds is 4. The first-order valence-corrected chi connectivity index (χ1v) is 9.11. The van der Waals surface area contributed by atoms with Gasteiger partial charge in [-0.15, -0.1) is 0 Å². The van der Waals surface area contributed by atoms with Gasteiger partial charge in [0.15, 0.2) is 0 Å². The van der Waals surface area contributed by atoms with Crippen molar-refractivity contribution < 1.29 is 4.92 Å². The summed E-state index contributed by atoms with van der Waals surface area (Å²) in [6, 6.07) is 13.3. The van der Waals surface area contributed by atoms with E-state index < -0.39 is 0 Å². The van der Waals surface area contributed by atoms with Gasteiger partial charge < -0.3 is 4.90 Å². The average molecular weight is 352 g/mol. The Balaban J connectivity index is 0.000000190. The third-order valence-corrected chi connectivity index (χ3v) is 4.57. The molecule has 0 spiro atoms. The molecule has 1 aliphatic carbocycles. The van der Waals surface area contributed by atoms with Crippen LogP contribution in [0.1, 0.15) is 42.9 Å². The quantitative estimate of drug-likeness (QED) is 0.517. The van der Waals surface area contributed by atoms with E-state index in [-0.39, 0.29) is 10.6 Å². The topological polar surface area (TPSA) is 46.4 Å². The van der Waals surface area contributed by atoms with Crippen LogP contribution in [0.5, 0.6) is 0 Å². The van der Waals surface area contributed by atoms with E-state index in [1.165, 1.54) is 41.6 Å². The van der Waals surface area contributed by atoms with Crippen LogP contribution in [0.15, 0.2) is 48.0 Å². The lowest BCUT2D eigenvalue weighted by atomic mass is 9.91. The average Bonchev–Trinajstić information content (AvgIpc) is 2.59. The van der Waals surface area contributed by atoms with E-state index in [0.717, 1.165) is 12.0 Å². The second-order valence-electron chi connectivity index (χ2n) is 6.88. The molecule has 2 aromatic rings. The van der Waals surface area contributed by atoms with Gasteiger partial charge in [-0.25, -0.2) is 0 Å². The Morgan fingerprint density at radius 1 is 1.12 bits per heavy atom. The van der Waals surface area contributed by atoms with Crippen molar-refractivity contribution in [2.24, 2.45) is 0 Å². The summed E-state index contributed by atoms with van der Waals surface area (Å²) in [4.78, 5) is 12.2. The monoisotopic (exact) mass is 352 g/mol. The molecule has 0 heterocycles. The number of nitrogens with zero attached hydrogens (tertiary/aromatic N) is 2. The standard InChI is InChI=1S/C11H11NO2.C11H17N/c13-12(14)11-6-4-10(5-7-11)8-9-2-1-3-9;1-5-10-7-6-9(2)8-11(10)12(3)4/h4-8H,1-3H2;6-8H,5H2,1-4H3. The Bertz CT molecular complexity index is 771. The second kappa shape index (κ2) is 9.18. The van der Waals surface area contributed by atoms with Gasteiger partial charge in [0, 0.05) is 31.9 Å². The van der Waals surface area contributed by atoms with E-state index in [4.69, 9.17) is 0 Å². The first-order chi connectivity index (χ1) is 12.4. The minimum Gasteiger partial charge on any atom is -0.377 e. The molecular formula is C22H28N2O2. The number of nitro groups is 1. The van der Waals surface area contributed by atoms with Gasteiger partial charge in [0.1, 0.15) is 0 Å². The molecule has 0 aromatic heterocycles. The summed E-state index contributed by atoms with van der Waals surface area (Å²) in [6.45, 7) is 4.32. The molecule has 0 aliphatic heterocycles. The molecule has 4 nitrogen and oxygen atoms in total. The van der Waals surface area contributed by atoms with E-state index in [2.05, 4.69) is 57.1 Å². The van der Waals surface area contributed by atoms with Crippen LogP contribution in [-0.2, 0) is 6.42 Å². The van der Waals surface area contributed by atoms with Crippen LogP contribution in [0.4, 0.5) is 11.4 Å². The fourth-order valence-corrected chi connectivity index (χ4v) is 2.84. The smallest absolute Gasteiger partial charge is 0.269 e. The number of hydrogen-bond acceptors (Lipinski definition) is 3. The Morgan fingerprint density at radius 2 is 1.77 bits per heavy atom. The predicted octanol–water partition coefficient (Wildman–Crippen LogP) is 5.79. The summed E-state index contributed by atoms with van der Waals surface area (Å²) >= 11 is 0. The Morgan fingerprint density at radius 3 is 2.23 bits per heavy atom. The first-order valence-electron chi connectivity index (χ1n) is 9.11. The second-order valence-corrected chi connectivity index (χ2v) is 6.88. The van der Waals surface area contributed by atoms with E-state index in [1.807, 2.05) is 0 Å². The van der Waals surface area contributed by atoms with Gasteiger partial charge in [-0.2, -0.15) is 0 Å². The van der Waals surface area contributed by atoms with E-state index in [0.29, 0.717) is 0 Å². The van der Waals surface area contributed by atoms with Crippen LogP contribution in [0, 0.1) is 17.0 Å². The van der Waals surface area contributed by atoms with Crippen LogP contribution in [0.3, 0.4) is 0 Å². The number of nitro benzene ring substituents is 1. The number of benzene rings is 2. The lowest BCUT2D eigenvalue weighted by Crippen LogP contribution is -2.11. The molecule has 3 rings (SSSR count). The summed E-state index contributed by atoms with van der Waals surface area (Å²) in [7, 11) is 4.18. The number of aryl methyl sites for hydroxylation is 2. The maximum atomic E-state index is 10.4. The molecule has 0 saturated heterocycles. The van der Waals surface area contributed by atoms with Crippen molar-refractivity contribution in [3.8, 4) is 0 Å². The van der Waals surface area contributed by atoms with Gasteiger partial charge in [-0.3, -0.25) is 10.1 Å². The molecule has 4 heteroatoms. The van der Waals surface area contributed by atoms with E-state index >= 15 is 0 Å². The molecule has 0 N–H and O–H groups in total. The van der Waals surface area contributed by atoms with Crippen LogP contribution < -0.4 is 4.90 Å². The molecule has 26 heavy (non-hydrogen) atoms. The van der Waals surface area contributed by atoms with Crippen molar-refractivity contribution in [3.05, 3.63) is 74.8 Å². The van der Waals surface area contributed by atoms with Crippen LogP contribution >= 0.6 is 0 Å². The molecule has 1 saturated carbocycles. The molecule has 0 amide bonds. The summed E-state index contributed by atoms with van der Waals surface area (Å²) < 4.78 is 0. The highest BCUT2D eigenvalue weighted by Gasteiger charge is 2.08. The van der Waals surface area contributed by atoms with E-state index in [1.54, 1.807) is 24.3 Å². The third kappa shape index (κ3) is 5.45. The number of non-ortho nitro benzene ring substituents is 1. The van der Waals surface area contributed by atoms with Crippen molar-refractivity contribution in [2.45, 2.75) is 39.5 Å². The molecule has 1 fully saturated rings. The fourth-order valence-electron chi connectivity index (χ4n) is 2.84. The van der Waals surface area contributed by atoms with Crippen molar-refractivity contribution >= 4 is 17.5 Å². The molecule has 0 atom stereocenters. The lowest BCUT2D eigenvalue weighted by Gasteiger charge is -2.17. The van der Waals surface area contributed by atoms with Gasteiger partial charge in [0.25, 0.3) is 5.69 Å². The maximum Gasteiger partial charge on any atom is 0.269 e. The van der Waals surface area contributed by atoms with Gasteiger partial charge in [-0.05, 0) is 67.5 Å². The third-order valence-electron chi connectivity index (χ3n) is 4.57. The predicted molar refractivity (Wildman–Crippen MR) is 110 cm³/mol. The first kappa shape index (κ1) is 19.7.